The zero-order chi connectivity index (χ0) is 10.7. The van der Waals surface area contributed by atoms with Crippen molar-refractivity contribution in [2.24, 2.45) is 0 Å². The minimum atomic E-state index is 0.271. The normalized spacial score (nSPS) is 16.2. The highest BCUT2D eigenvalue weighted by Crippen LogP contribution is 2.24. The molecule has 0 radical (unpaired) electrons. The number of ketones is 1. The fraction of sp³-hybridized carbons (Fsp3) is 0.417. The van der Waals surface area contributed by atoms with Crippen molar-refractivity contribution >= 4 is 28.7 Å². The van der Waals surface area contributed by atoms with Crippen LogP contribution < -0.4 is 0 Å². The van der Waals surface area contributed by atoms with Crippen molar-refractivity contribution in [1.82, 2.24) is 0 Å². The van der Waals surface area contributed by atoms with E-state index in [0.29, 0.717) is 6.42 Å². The number of hydrogen-bond acceptors (Lipinski definition) is 2. The van der Waals surface area contributed by atoms with Crippen LogP contribution in [0, 0.1) is 0 Å². The van der Waals surface area contributed by atoms with Gasteiger partial charge in [0.25, 0.3) is 0 Å². The Labute approximate surface area is 98.8 Å². The van der Waals surface area contributed by atoms with E-state index in [1.165, 1.54) is 17.8 Å². The summed E-state index contributed by atoms with van der Waals surface area (Å²) in [5.41, 5.74) is 1.02. The molecule has 0 atom stereocenters. The van der Waals surface area contributed by atoms with Gasteiger partial charge in [0.1, 0.15) is 0 Å². The molecule has 1 heterocycles. The van der Waals surface area contributed by atoms with Crippen LogP contribution in [0.4, 0.5) is 0 Å². The summed E-state index contributed by atoms with van der Waals surface area (Å²) >= 11 is 7.32. The third-order valence-electron chi connectivity index (χ3n) is 2.61. The molecule has 15 heavy (non-hydrogen) atoms. The average molecular weight is 241 g/mol. The quantitative estimate of drug-likeness (QED) is 0.780. The molecule has 1 aliphatic carbocycles. The predicted molar refractivity (Wildman–Crippen MR) is 64.6 cm³/mol. The maximum atomic E-state index is 11.9. The molecule has 0 saturated heterocycles. The van der Waals surface area contributed by atoms with Gasteiger partial charge in [0.2, 0.25) is 0 Å². The maximum Gasteiger partial charge on any atom is 0.163 e. The first-order chi connectivity index (χ1) is 7.25. The van der Waals surface area contributed by atoms with Crippen LogP contribution in [0.1, 0.15) is 30.6 Å². The first-order valence-electron chi connectivity index (χ1n) is 5.22. The average Bonchev–Trinajstić information content (AvgIpc) is 2.65. The maximum absolute atomic E-state index is 11.9. The fourth-order valence-electron chi connectivity index (χ4n) is 1.81. The smallest absolute Gasteiger partial charge is 0.163 e. The third kappa shape index (κ3) is 2.93. The number of hydrogen-bond donors (Lipinski definition) is 0. The van der Waals surface area contributed by atoms with E-state index in [9.17, 15) is 4.79 Å². The highest BCUT2D eigenvalue weighted by atomic mass is 35.5. The van der Waals surface area contributed by atoms with E-state index in [0.717, 1.165) is 34.0 Å². The van der Waals surface area contributed by atoms with Crippen LogP contribution in [0.15, 0.2) is 23.8 Å². The van der Waals surface area contributed by atoms with Crippen LogP contribution in [-0.4, -0.2) is 5.78 Å². The van der Waals surface area contributed by atoms with E-state index in [1.54, 1.807) is 0 Å². The van der Waals surface area contributed by atoms with Gasteiger partial charge in [-0.3, -0.25) is 4.79 Å². The highest BCUT2D eigenvalue weighted by molar-refractivity contribution is 7.16. The summed E-state index contributed by atoms with van der Waals surface area (Å²) in [6, 6.07) is 3.79. The lowest BCUT2D eigenvalue weighted by atomic mass is 9.95. The van der Waals surface area contributed by atoms with Gasteiger partial charge in [0, 0.05) is 11.3 Å². The summed E-state index contributed by atoms with van der Waals surface area (Å²) < 4.78 is 0.760. The Morgan fingerprint density at radius 2 is 2.27 bits per heavy atom. The van der Waals surface area contributed by atoms with Crippen LogP contribution in [0.2, 0.25) is 4.34 Å². The molecule has 0 bridgehead atoms. The van der Waals surface area contributed by atoms with Crippen molar-refractivity contribution in [1.29, 1.82) is 0 Å². The minimum absolute atomic E-state index is 0.271. The Morgan fingerprint density at radius 1 is 1.40 bits per heavy atom. The summed E-state index contributed by atoms with van der Waals surface area (Å²) in [7, 11) is 0. The first kappa shape index (κ1) is 10.9. The molecule has 2 rings (SSSR count). The van der Waals surface area contributed by atoms with Crippen molar-refractivity contribution in [3.05, 3.63) is 33.0 Å². The van der Waals surface area contributed by atoms with E-state index in [-0.39, 0.29) is 5.78 Å². The van der Waals surface area contributed by atoms with Gasteiger partial charge in [-0.2, -0.15) is 0 Å². The molecule has 1 aromatic rings. The van der Waals surface area contributed by atoms with Gasteiger partial charge in [0.05, 0.1) is 4.34 Å². The Hall–Kier alpha value is -0.600. The summed E-state index contributed by atoms with van der Waals surface area (Å²) in [5, 5.41) is 0. The van der Waals surface area contributed by atoms with Gasteiger partial charge in [-0.15, -0.1) is 11.3 Å². The largest absolute Gasteiger partial charge is 0.294 e. The third-order valence-corrected chi connectivity index (χ3v) is 3.84. The molecule has 0 aromatic carbocycles. The van der Waals surface area contributed by atoms with E-state index < -0.39 is 0 Å². The summed E-state index contributed by atoms with van der Waals surface area (Å²) in [4.78, 5) is 12.9. The predicted octanol–water partition coefficient (Wildman–Crippen LogP) is 4.01. The number of carbonyl (C=O) groups is 1. The van der Waals surface area contributed by atoms with Gasteiger partial charge in [-0.1, -0.05) is 17.7 Å². The number of allylic oxidation sites excluding steroid dienone is 2. The Bertz CT molecular complexity index is 392. The van der Waals surface area contributed by atoms with E-state index in [4.69, 9.17) is 11.6 Å². The zero-order valence-corrected chi connectivity index (χ0v) is 10.0. The van der Waals surface area contributed by atoms with Crippen molar-refractivity contribution in [2.75, 3.05) is 0 Å². The van der Waals surface area contributed by atoms with E-state index in [2.05, 4.69) is 6.08 Å². The Balaban J connectivity index is 2.00. The molecule has 1 aromatic heterocycles. The first-order valence-corrected chi connectivity index (χ1v) is 6.41. The van der Waals surface area contributed by atoms with Crippen molar-refractivity contribution in [3.63, 3.8) is 0 Å². The van der Waals surface area contributed by atoms with Crippen LogP contribution in [0.3, 0.4) is 0 Å². The summed E-state index contributed by atoms with van der Waals surface area (Å²) in [6.45, 7) is 0. The molecule has 3 heteroatoms. The SMILES string of the molecule is O=C(Cc1ccc(Cl)s1)C1=CCCCC1. The van der Waals surface area contributed by atoms with Crippen molar-refractivity contribution in [3.8, 4) is 0 Å². The molecule has 0 saturated carbocycles. The molecule has 0 spiro atoms. The number of rotatable bonds is 3. The van der Waals surface area contributed by atoms with Crippen LogP contribution in [-0.2, 0) is 11.2 Å². The fourth-order valence-corrected chi connectivity index (χ4v) is 2.90. The number of halogens is 1. The molecule has 1 nitrogen and oxygen atoms in total. The molecular formula is C12H13ClOS. The minimum Gasteiger partial charge on any atom is -0.294 e. The Morgan fingerprint density at radius 3 is 2.87 bits per heavy atom. The second kappa shape index (κ2) is 4.95. The molecule has 0 fully saturated rings. The monoisotopic (exact) mass is 240 g/mol. The van der Waals surface area contributed by atoms with Gasteiger partial charge < -0.3 is 0 Å². The summed E-state index contributed by atoms with van der Waals surface area (Å²) in [5.74, 6) is 0.271. The lowest BCUT2D eigenvalue weighted by Gasteiger charge is -2.10. The molecule has 1 aliphatic rings. The van der Waals surface area contributed by atoms with Gasteiger partial charge in [-0.25, -0.2) is 0 Å². The van der Waals surface area contributed by atoms with Gasteiger partial charge >= 0.3 is 0 Å². The van der Waals surface area contributed by atoms with Gasteiger partial charge in [-0.05, 0) is 43.4 Å². The lowest BCUT2D eigenvalue weighted by molar-refractivity contribution is -0.115. The zero-order valence-electron chi connectivity index (χ0n) is 8.46. The molecule has 0 unspecified atom stereocenters. The summed E-state index contributed by atoms with van der Waals surface area (Å²) in [6.07, 6.45) is 7.01. The van der Waals surface area contributed by atoms with Crippen LogP contribution >= 0.6 is 22.9 Å². The van der Waals surface area contributed by atoms with Crippen molar-refractivity contribution < 1.29 is 4.79 Å². The molecule has 80 valence electrons. The molecule has 0 aliphatic heterocycles. The number of thiophene rings is 1. The number of carbonyl (C=O) groups excluding carboxylic acids is 1. The van der Waals surface area contributed by atoms with Crippen LogP contribution in [0.25, 0.3) is 0 Å². The lowest BCUT2D eigenvalue weighted by Crippen LogP contribution is -2.07. The van der Waals surface area contributed by atoms with Crippen LogP contribution in [0.5, 0.6) is 0 Å². The Kier molecular flexibility index (Phi) is 3.60. The second-order valence-corrected chi connectivity index (χ2v) is 5.58. The van der Waals surface area contributed by atoms with Crippen molar-refractivity contribution in [2.45, 2.75) is 32.1 Å². The van der Waals surface area contributed by atoms with E-state index >= 15 is 0 Å². The second-order valence-electron chi connectivity index (χ2n) is 3.78. The topological polar surface area (TPSA) is 17.1 Å². The molecule has 0 amide bonds. The number of Topliss-reactive ketones (excluding diaryl/α,β-unsaturated/α-hetero) is 1. The molecule has 0 N–H and O–H groups in total. The highest BCUT2D eigenvalue weighted by Gasteiger charge is 2.13. The standard InChI is InChI=1S/C12H13ClOS/c13-12-7-6-10(15-12)8-11(14)9-4-2-1-3-5-9/h4,6-7H,1-3,5,8H2. The van der Waals surface area contributed by atoms with Gasteiger partial charge in [0.15, 0.2) is 5.78 Å². The molecular weight excluding hydrogens is 228 g/mol. The van der Waals surface area contributed by atoms with E-state index in [1.807, 2.05) is 12.1 Å².